The Morgan fingerprint density at radius 1 is 1.60 bits per heavy atom. The fraction of sp³-hybridized carbons (Fsp3) is 0.364. The van der Waals surface area contributed by atoms with E-state index in [2.05, 4.69) is 6.07 Å². The van der Waals surface area contributed by atoms with Crippen LogP contribution in [0.25, 0.3) is 0 Å². The van der Waals surface area contributed by atoms with Gasteiger partial charge in [-0.05, 0) is 25.1 Å². The van der Waals surface area contributed by atoms with Gasteiger partial charge in [0, 0.05) is 11.3 Å². The summed E-state index contributed by atoms with van der Waals surface area (Å²) in [6, 6.07) is 6.52. The molecule has 0 radical (unpaired) electrons. The van der Waals surface area contributed by atoms with Gasteiger partial charge in [0.05, 0.1) is 18.4 Å². The molecule has 1 atom stereocenters. The molecule has 0 saturated heterocycles. The van der Waals surface area contributed by atoms with Crippen LogP contribution in [0.3, 0.4) is 0 Å². The second-order valence-electron chi connectivity index (χ2n) is 3.04. The summed E-state index contributed by atoms with van der Waals surface area (Å²) >= 11 is 1.46. The molecule has 0 saturated carbocycles. The first-order chi connectivity index (χ1) is 7.17. The third-order valence-electron chi connectivity index (χ3n) is 1.91. The first-order valence-corrected chi connectivity index (χ1v) is 5.56. The molecule has 0 heterocycles. The standard InChI is InChI=1S/C11H12FNOS/c1-8(6-13)15-7-9-5-10(12)3-4-11(9)14-2/h3-5,8H,7H2,1-2H3/t8-/m1/s1. The monoisotopic (exact) mass is 225 g/mol. The minimum absolute atomic E-state index is 0.0991. The quantitative estimate of drug-likeness (QED) is 0.789. The highest BCUT2D eigenvalue weighted by Crippen LogP contribution is 2.25. The zero-order valence-electron chi connectivity index (χ0n) is 8.66. The van der Waals surface area contributed by atoms with Gasteiger partial charge in [-0.25, -0.2) is 4.39 Å². The summed E-state index contributed by atoms with van der Waals surface area (Å²) in [5, 5.41) is 8.52. The molecule has 0 amide bonds. The molecule has 0 unspecified atom stereocenters. The highest BCUT2D eigenvalue weighted by Gasteiger charge is 2.07. The van der Waals surface area contributed by atoms with Crippen LogP contribution >= 0.6 is 11.8 Å². The molecule has 0 aliphatic heterocycles. The molecule has 0 aromatic heterocycles. The van der Waals surface area contributed by atoms with E-state index in [1.165, 1.54) is 23.9 Å². The molecule has 15 heavy (non-hydrogen) atoms. The van der Waals surface area contributed by atoms with E-state index in [1.807, 2.05) is 6.92 Å². The molecule has 80 valence electrons. The Hall–Kier alpha value is -1.21. The molecule has 1 aromatic carbocycles. The van der Waals surface area contributed by atoms with Crippen LogP contribution in [0.4, 0.5) is 4.39 Å². The van der Waals surface area contributed by atoms with Crippen LogP contribution < -0.4 is 4.74 Å². The molecule has 1 aromatic rings. The summed E-state index contributed by atoms with van der Waals surface area (Å²) in [5.41, 5.74) is 0.782. The van der Waals surface area contributed by atoms with Crippen LogP contribution in [0.15, 0.2) is 18.2 Å². The van der Waals surface area contributed by atoms with Gasteiger partial charge < -0.3 is 4.74 Å². The lowest BCUT2D eigenvalue weighted by atomic mass is 10.2. The average molecular weight is 225 g/mol. The first kappa shape index (κ1) is 11.9. The smallest absolute Gasteiger partial charge is 0.123 e. The van der Waals surface area contributed by atoms with Crippen LogP contribution in [0.5, 0.6) is 5.75 Å². The highest BCUT2D eigenvalue weighted by molar-refractivity contribution is 7.99. The molecule has 0 aliphatic carbocycles. The van der Waals surface area contributed by atoms with Gasteiger partial charge in [0.15, 0.2) is 0 Å². The van der Waals surface area contributed by atoms with E-state index in [9.17, 15) is 4.39 Å². The van der Waals surface area contributed by atoms with Crippen LogP contribution in [0, 0.1) is 17.1 Å². The van der Waals surface area contributed by atoms with Crippen molar-refractivity contribution in [1.82, 2.24) is 0 Å². The Morgan fingerprint density at radius 2 is 2.33 bits per heavy atom. The zero-order chi connectivity index (χ0) is 11.3. The molecule has 0 bridgehead atoms. The summed E-state index contributed by atoms with van der Waals surface area (Å²) in [5.74, 6) is 0.959. The maximum absolute atomic E-state index is 13.0. The van der Waals surface area contributed by atoms with Crippen LogP contribution in [0.2, 0.25) is 0 Å². The maximum atomic E-state index is 13.0. The van der Waals surface area contributed by atoms with Crippen LogP contribution in [-0.2, 0) is 5.75 Å². The van der Waals surface area contributed by atoms with Gasteiger partial charge >= 0.3 is 0 Å². The second kappa shape index (κ2) is 5.62. The molecule has 1 rings (SSSR count). The summed E-state index contributed by atoms with van der Waals surface area (Å²) < 4.78 is 18.1. The number of benzene rings is 1. The SMILES string of the molecule is COc1ccc(F)cc1CS[C@H](C)C#N. The van der Waals surface area contributed by atoms with E-state index in [4.69, 9.17) is 10.00 Å². The number of rotatable bonds is 4. The zero-order valence-corrected chi connectivity index (χ0v) is 9.47. The van der Waals surface area contributed by atoms with Gasteiger partial charge in [0.25, 0.3) is 0 Å². The number of halogens is 1. The third-order valence-corrected chi connectivity index (χ3v) is 3.00. The number of nitriles is 1. The lowest BCUT2D eigenvalue weighted by molar-refractivity contribution is 0.410. The summed E-state index contributed by atoms with van der Waals surface area (Å²) in [6.07, 6.45) is 0. The minimum Gasteiger partial charge on any atom is -0.496 e. The number of ether oxygens (including phenoxy) is 1. The number of hydrogen-bond acceptors (Lipinski definition) is 3. The first-order valence-electron chi connectivity index (χ1n) is 4.51. The summed E-state index contributed by atoms with van der Waals surface area (Å²) in [4.78, 5) is 0. The Labute approximate surface area is 93.1 Å². The molecule has 0 aliphatic rings. The predicted octanol–water partition coefficient (Wildman–Crippen LogP) is 2.98. The van der Waals surface area contributed by atoms with Crippen molar-refractivity contribution >= 4 is 11.8 Å². The van der Waals surface area contributed by atoms with E-state index in [1.54, 1.807) is 13.2 Å². The van der Waals surface area contributed by atoms with E-state index in [-0.39, 0.29) is 11.1 Å². The molecule has 4 heteroatoms. The Morgan fingerprint density at radius 3 is 2.93 bits per heavy atom. The van der Waals surface area contributed by atoms with Crippen molar-refractivity contribution in [2.24, 2.45) is 0 Å². The van der Waals surface area contributed by atoms with E-state index < -0.39 is 0 Å². The number of thioether (sulfide) groups is 1. The number of hydrogen-bond donors (Lipinski definition) is 0. The van der Waals surface area contributed by atoms with Crippen molar-refractivity contribution in [2.45, 2.75) is 17.9 Å². The Bertz CT molecular complexity index is 375. The average Bonchev–Trinajstić information content (AvgIpc) is 2.26. The lowest BCUT2D eigenvalue weighted by Crippen LogP contribution is -1.95. The number of methoxy groups -OCH3 is 1. The second-order valence-corrected chi connectivity index (χ2v) is 4.37. The van der Waals surface area contributed by atoms with E-state index in [0.29, 0.717) is 11.5 Å². The molecule has 0 fully saturated rings. The van der Waals surface area contributed by atoms with E-state index >= 15 is 0 Å². The van der Waals surface area contributed by atoms with Gasteiger partial charge in [-0.2, -0.15) is 5.26 Å². The fourth-order valence-electron chi connectivity index (χ4n) is 1.11. The molecule has 0 N–H and O–H groups in total. The van der Waals surface area contributed by atoms with E-state index in [0.717, 1.165) is 5.56 Å². The van der Waals surface area contributed by atoms with Gasteiger partial charge in [-0.15, -0.1) is 11.8 Å². The topological polar surface area (TPSA) is 33.0 Å². The van der Waals surface area contributed by atoms with Crippen molar-refractivity contribution in [3.8, 4) is 11.8 Å². The highest BCUT2D eigenvalue weighted by atomic mass is 32.2. The lowest BCUT2D eigenvalue weighted by Gasteiger charge is -2.08. The molecule has 0 spiro atoms. The Kier molecular flexibility index (Phi) is 4.44. The summed E-state index contributed by atoms with van der Waals surface area (Å²) in [6.45, 7) is 1.82. The minimum atomic E-state index is -0.281. The molecular formula is C11H12FNOS. The normalized spacial score (nSPS) is 11.9. The van der Waals surface area contributed by atoms with Crippen LogP contribution in [0.1, 0.15) is 12.5 Å². The molecular weight excluding hydrogens is 213 g/mol. The van der Waals surface area contributed by atoms with Gasteiger partial charge in [-0.3, -0.25) is 0 Å². The third kappa shape index (κ3) is 3.45. The predicted molar refractivity (Wildman–Crippen MR) is 59.3 cm³/mol. The van der Waals surface area contributed by atoms with Crippen molar-refractivity contribution in [3.05, 3.63) is 29.6 Å². The molecule has 2 nitrogen and oxygen atoms in total. The van der Waals surface area contributed by atoms with Crippen molar-refractivity contribution in [1.29, 1.82) is 5.26 Å². The van der Waals surface area contributed by atoms with Crippen molar-refractivity contribution in [3.63, 3.8) is 0 Å². The Balaban J connectivity index is 2.75. The maximum Gasteiger partial charge on any atom is 0.123 e. The fourth-order valence-corrected chi connectivity index (χ4v) is 1.84. The van der Waals surface area contributed by atoms with Crippen molar-refractivity contribution < 1.29 is 9.13 Å². The van der Waals surface area contributed by atoms with Crippen molar-refractivity contribution in [2.75, 3.05) is 7.11 Å². The van der Waals surface area contributed by atoms with Gasteiger partial charge in [0.2, 0.25) is 0 Å². The summed E-state index contributed by atoms with van der Waals surface area (Å²) in [7, 11) is 1.55. The largest absolute Gasteiger partial charge is 0.496 e. The van der Waals surface area contributed by atoms with Crippen LogP contribution in [-0.4, -0.2) is 12.4 Å². The van der Waals surface area contributed by atoms with Gasteiger partial charge in [-0.1, -0.05) is 0 Å². The number of nitrogens with zero attached hydrogens (tertiary/aromatic N) is 1. The van der Waals surface area contributed by atoms with Gasteiger partial charge in [0.1, 0.15) is 11.6 Å².